The molecule has 19 heavy (non-hydrogen) atoms. The van der Waals surface area contributed by atoms with Crippen LogP contribution in [0.5, 0.6) is 0 Å². The highest BCUT2D eigenvalue weighted by atomic mass is 16.3. The smallest absolute Gasteiger partial charge is 0.317 e. The molecule has 5 heteroatoms. The number of piperidine rings is 1. The van der Waals surface area contributed by atoms with E-state index < -0.39 is 6.10 Å². The van der Waals surface area contributed by atoms with Crippen molar-refractivity contribution in [2.45, 2.75) is 70.7 Å². The predicted octanol–water partition coefficient (Wildman–Crippen LogP) is 1.32. The van der Waals surface area contributed by atoms with Crippen LogP contribution in [0.3, 0.4) is 0 Å². The second-order valence-electron chi connectivity index (χ2n) is 7.18. The third kappa shape index (κ3) is 5.37. The number of aliphatic hydroxyl groups excluding tert-OH is 1. The van der Waals surface area contributed by atoms with Gasteiger partial charge in [-0.2, -0.15) is 0 Å². The molecule has 1 heterocycles. The van der Waals surface area contributed by atoms with Gasteiger partial charge in [0.15, 0.2) is 0 Å². The molecule has 1 unspecified atom stereocenters. The number of carbonyl (C=O) groups is 1. The molecule has 0 saturated carbocycles. The third-order valence-electron chi connectivity index (χ3n) is 3.40. The summed E-state index contributed by atoms with van der Waals surface area (Å²) in [7, 11) is 1.71. The Morgan fingerprint density at radius 3 is 2.26 bits per heavy atom. The molecule has 3 N–H and O–H groups in total. The molecule has 1 atom stereocenters. The number of amides is 2. The highest BCUT2D eigenvalue weighted by molar-refractivity contribution is 5.74. The van der Waals surface area contributed by atoms with Gasteiger partial charge in [-0.25, -0.2) is 4.79 Å². The first-order valence-electron chi connectivity index (χ1n) is 7.00. The summed E-state index contributed by atoms with van der Waals surface area (Å²) < 4.78 is 0. The first kappa shape index (κ1) is 16.2. The van der Waals surface area contributed by atoms with E-state index in [1.54, 1.807) is 14.0 Å². The summed E-state index contributed by atoms with van der Waals surface area (Å²) in [4.78, 5) is 13.6. The van der Waals surface area contributed by atoms with E-state index in [1.165, 1.54) is 4.90 Å². The molecule has 5 nitrogen and oxygen atoms in total. The van der Waals surface area contributed by atoms with Crippen molar-refractivity contribution in [2.24, 2.45) is 0 Å². The van der Waals surface area contributed by atoms with E-state index in [-0.39, 0.29) is 23.2 Å². The van der Waals surface area contributed by atoms with Crippen molar-refractivity contribution in [3.63, 3.8) is 0 Å². The Balaban J connectivity index is 2.59. The van der Waals surface area contributed by atoms with Crippen LogP contribution in [0.15, 0.2) is 0 Å². The molecule has 1 aliphatic rings. The lowest BCUT2D eigenvalue weighted by molar-refractivity contribution is 0.126. The van der Waals surface area contributed by atoms with Crippen molar-refractivity contribution in [2.75, 3.05) is 13.6 Å². The number of urea groups is 1. The normalized spacial score (nSPS) is 23.7. The van der Waals surface area contributed by atoms with E-state index in [4.69, 9.17) is 0 Å². The first-order valence-corrected chi connectivity index (χ1v) is 7.00. The number of rotatable bonds is 3. The van der Waals surface area contributed by atoms with Crippen molar-refractivity contribution in [1.29, 1.82) is 0 Å². The summed E-state index contributed by atoms with van der Waals surface area (Å²) in [6.45, 7) is 10.7. The second kappa shape index (κ2) is 5.67. The zero-order valence-electron chi connectivity index (χ0n) is 13.1. The molecule has 0 aliphatic carbocycles. The van der Waals surface area contributed by atoms with Gasteiger partial charge in [-0.3, -0.25) is 0 Å². The van der Waals surface area contributed by atoms with Crippen LogP contribution in [-0.2, 0) is 0 Å². The lowest BCUT2D eigenvalue weighted by Gasteiger charge is -2.46. The zero-order valence-corrected chi connectivity index (χ0v) is 13.1. The molecule has 112 valence electrons. The Labute approximate surface area is 116 Å². The summed E-state index contributed by atoms with van der Waals surface area (Å²) in [5.74, 6) is 0. The number of nitrogens with one attached hydrogen (secondary N) is 2. The van der Waals surface area contributed by atoms with Crippen LogP contribution in [-0.4, -0.2) is 52.9 Å². The van der Waals surface area contributed by atoms with E-state index in [1.807, 2.05) is 0 Å². The first-order chi connectivity index (χ1) is 8.51. The minimum atomic E-state index is -0.503. The van der Waals surface area contributed by atoms with E-state index in [0.29, 0.717) is 6.54 Å². The molecule has 2 amide bonds. The number of aliphatic hydroxyl groups is 1. The maximum atomic E-state index is 12.1. The SMILES string of the molecule is CC(O)CN(C)C(=O)NC1CC(C)(C)NC(C)(C)C1. The summed E-state index contributed by atoms with van der Waals surface area (Å²) in [6, 6.07) is 0.0506. The van der Waals surface area contributed by atoms with Gasteiger partial charge in [0, 0.05) is 30.7 Å². The molecule has 1 aliphatic heterocycles. The number of carbonyl (C=O) groups excluding carboxylic acids is 1. The molecule has 0 aromatic carbocycles. The lowest BCUT2D eigenvalue weighted by Crippen LogP contribution is -2.62. The van der Waals surface area contributed by atoms with Crippen molar-refractivity contribution >= 4 is 6.03 Å². The van der Waals surface area contributed by atoms with Crippen molar-refractivity contribution in [3.05, 3.63) is 0 Å². The van der Waals surface area contributed by atoms with Gasteiger partial charge in [-0.15, -0.1) is 0 Å². The molecule has 0 radical (unpaired) electrons. The van der Waals surface area contributed by atoms with E-state index >= 15 is 0 Å². The van der Waals surface area contributed by atoms with E-state index in [9.17, 15) is 9.90 Å². The van der Waals surface area contributed by atoms with Crippen LogP contribution in [0.1, 0.15) is 47.5 Å². The average molecular weight is 271 g/mol. The van der Waals surface area contributed by atoms with Gasteiger partial charge < -0.3 is 20.6 Å². The van der Waals surface area contributed by atoms with Crippen molar-refractivity contribution in [3.8, 4) is 0 Å². The van der Waals surface area contributed by atoms with Gasteiger partial charge in [0.05, 0.1) is 6.10 Å². The summed E-state index contributed by atoms with van der Waals surface area (Å²) in [6.07, 6.45) is 1.31. The molecule has 0 spiro atoms. The van der Waals surface area contributed by atoms with E-state index in [0.717, 1.165) is 12.8 Å². The summed E-state index contributed by atoms with van der Waals surface area (Å²) >= 11 is 0. The van der Waals surface area contributed by atoms with Crippen LogP contribution in [0.25, 0.3) is 0 Å². The molecular weight excluding hydrogens is 242 g/mol. The van der Waals surface area contributed by atoms with Gasteiger partial charge in [0.1, 0.15) is 0 Å². The van der Waals surface area contributed by atoms with Gasteiger partial charge in [-0.05, 0) is 47.5 Å². The number of hydrogen-bond acceptors (Lipinski definition) is 3. The summed E-state index contributed by atoms with van der Waals surface area (Å²) in [5.41, 5.74) is 0.0328. The fourth-order valence-corrected chi connectivity index (χ4v) is 3.19. The highest BCUT2D eigenvalue weighted by Gasteiger charge is 2.38. The highest BCUT2D eigenvalue weighted by Crippen LogP contribution is 2.28. The predicted molar refractivity (Wildman–Crippen MR) is 77.2 cm³/mol. The minimum Gasteiger partial charge on any atom is -0.392 e. The van der Waals surface area contributed by atoms with E-state index in [2.05, 4.69) is 38.3 Å². The fourth-order valence-electron chi connectivity index (χ4n) is 3.19. The number of nitrogens with zero attached hydrogens (tertiary/aromatic N) is 1. The maximum Gasteiger partial charge on any atom is 0.317 e. The van der Waals surface area contributed by atoms with Crippen LogP contribution >= 0.6 is 0 Å². The van der Waals surface area contributed by atoms with Crippen molar-refractivity contribution in [1.82, 2.24) is 15.5 Å². The van der Waals surface area contributed by atoms with Crippen LogP contribution < -0.4 is 10.6 Å². The van der Waals surface area contributed by atoms with Gasteiger partial charge in [0.25, 0.3) is 0 Å². The molecule has 0 aromatic heterocycles. The van der Waals surface area contributed by atoms with Crippen LogP contribution in [0, 0.1) is 0 Å². The monoisotopic (exact) mass is 271 g/mol. The molecule has 0 bridgehead atoms. The Kier molecular flexibility index (Phi) is 4.85. The number of likely N-dealkylation sites (N-methyl/N-ethyl adjacent to an activating group) is 1. The fraction of sp³-hybridized carbons (Fsp3) is 0.929. The maximum absolute atomic E-state index is 12.1. The molecule has 1 saturated heterocycles. The second-order valence-corrected chi connectivity index (χ2v) is 7.18. The molecule has 0 aromatic rings. The van der Waals surface area contributed by atoms with Crippen LogP contribution in [0.2, 0.25) is 0 Å². The largest absolute Gasteiger partial charge is 0.392 e. The third-order valence-corrected chi connectivity index (χ3v) is 3.40. The molecular formula is C14H29N3O2. The van der Waals surface area contributed by atoms with Crippen molar-refractivity contribution < 1.29 is 9.90 Å². The Bertz CT molecular complexity index is 311. The lowest BCUT2D eigenvalue weighted by atomic mass is 9.80. The summed E-state index contributed by atoms with van der Waals surface area (Å²) in [5, 5.41) is 16.0. The van der Waals surface area contributed by atoms with Gasteiger partial charge >= 0.3 is 6.03 Å². The minimum absolute atomic E-state index is 0.0164. The molecule has 1 fully saturated rings. The quantitative estimate of drug-likeness (QED) is 0.725. The topological polar surface area (TPSA) is 64.6 Å². The Morgan fingerprint density at radius 2 is 1.84 bits per heavy atom. The number of hydrogen-bond donors (Lipinski definition) is 3. The van der Waals surface area contributed by atoms with Crippen LogP contribution in [0.4, 0.5) is 4.79 Å². The zero-order chi connectivity index (χ0) is 14.8. The molecule has 1 rings (SSSR count). The Morgan fingerprint density at radius 1 is 1.37 bits per heavy atom. The average Bonchev–Trinajstić information content (AvgIpc) is 2.10. The Hall–Kier alpha value is -0.810. The van der Waals surface area contributed by atoms with Gasteiger partial charge in [0.2, 0.25) is 0 Å². The standard InChI is InChI=1S/C14H29N3O2/c1-10(18)9-17(6)12(19)15-11-7-13(2,3)16-14(4,5)8-11/h10-11,16,18H,7-9H2,1-6H3,(H,15,19). The van der Waals surface area contributed by atoms with Gasteiger partial charge in [-0.1, -0.05) is 0 Å².